The van der Waals surface area contributed by atoms with Gasteiger partial charge >= 0.3 is 0 Å². The van der Waals surface area contributed by atoms with Crippen LogP contribution in [0.1, 0.15) is 269 Å². The first-order valence-electron chi connectivity index (χ1n) is 22.3. The molecule has 0 bridgehead atoms. The van der Waals surface area contributed by atoms with E-state index in [0.29, 0.717) is 0 Å². The zero-order chi connectivity index (χ0) is 31.6. The Morgan fingerprint density at radius 1 is 0.208 bits per heavy atom. The van der Waals surface area contributed by atoms with Gasteiger partial charge < -0.3 is 0 Å². The van der Waals surface area contributed by atoms with Crippen molar-refractivity contribution in [2.75, 3.05) is 0 Å². The van der Waals surface area contributed by atoms with Crippen LogP contribution in [-0.4, -0.2) is 0 Å². The zero-order valence-corrected chi connectivity index (χ0v) is 30.7. The maximum absolute atomic E-state index is 2.05. The molecule has 0 amide bonds. The first kappa shape index (κ1) is 31.2. The molecule has 48 heavy (non-hydrogen) atoms. The molecule has 0 atom stereocenters. The molecule has 2 aromatic carbocycles. The van der Waals surface area contributed by atoms with Gasteiger partial charge in [0.2, 0.25) is 0 Å². The van der Waals surface area contributed by atoms with Crippen molar-refractivity contribution in [1.82, 2.24) is 0 Å². The zero-order valence-electron chi connectivity index (χ0n) is 30.7. The summed E-state index contributed by atoms with van der Waals surface area (Å²) in [5.74, 6) is 5.18. The standard InChI is InChI=1S/C48H66/c1-2-16-31(15-1)43-37-27-13-14-28-38(37)44(32-17-3-4-18-32)40-30-42-41(29-39(40)43)45(33-19-5-6-20-33)47(35-23-9-10-24-35)48(36-25-11-12-26-36)46(42)34-21-7-8-22-34/h31-36H,1-30H2. The minimum absolute atomic E-state index is 0.857. The molecule has 6 fully saturated rings. The summed E-state index contributed by atoms with van der Waals surface area (Å²) in [7, 11) is 0. The monoisotopic (exact) mass is 643 g/mol. The van der Waals surface area contributed by atoms with E-state index in [0.717, 1.165) is 35.5 Å². The Bertz CT molecular complexity index is 1390. The van der Waals surface area contributed by atoms with Crippen molar-refractivity contribution in [3.63, 3.8) is 0 Å². The molecule has 10 rings (SSSR count). The highest BCUT2D eigenvalue weighted by Gasteiger charge is 2.42. The lowest BCUT2D eigenvalue weighted by molar-refractivity contribution is 0.592. The highest BCUT2D eigenvalue weighted by atomic mass is 14.5. The summed E-state index contributed by atoms with van der Waals surface area (Å²) >= 11 is 0. The van der Waals surface area contributed by atoms with Gasteiger partial charge in [0.1, 0.15) is 0 Å². The van der Waals surface area contributed by atoms with Crippen LogP contribution < -0.4 is 0 Å². The normalized spacial score (nSPS) is 26.2. The Hall–Kier alpha value is -1.56. The summed E-state index contributed by atoms with van der Waals surface area (Å²) in [6.07, 6.45) is 44.0. The van der Waals surface area contributed by atoms with Gasteiger partial charge in [-0.3, -0.25) is 0 Å². The second kappa shape index (κ2) is 13.2. The summed E-state index contributed by atoms with van der Waals surface area (Å²) < 4.78 is 0. The van der Waals surface area contributed by atoms with Crippen LogP contribution in [0.3, 0.4) is 0 Å². The van der Waals surface area contributed by atoms with E-state index in [2.05, 4.69) is 0 Å². The second-order valence-electron chi connectivity index (χ2n) is 18.8. The number of rotatable bonds is 6. The van der Waals surface area contributed by atoms with Gasteiger partial charge in [0.05, 0.1) is 0 Å². The molecule has 0 radical (unpaired) electrons. The molecule has 0 aliphatic heterocycles. The lowest BCUT2D eigenvalue weighted by Crippen LogP contribution is -2.27. The summed E-state index contributed by atoms with van der Waals surface area (Å²) in [5.41, 5.74) is 23.9. The van der Waals surface area contributed by atoms with Gasteiger partial charge in [-0.15, -0.1) is 0 Å². The minimum Gasteiger partial charge on any atom is -0.0527 e. The summed E-state index contributed by atoms with van der Waals surface area (Å²) in [5, 5.41) is 0. The first-order chi connectivity index (χ1) is 23.8. The lowest BCUT2D eigenvalue weighted by Gasteiger charge is -2.41. The van der Waals surface area contributed by atoms with Gasteiger partial charge in [0, 0.05) is 0 Å². The number of fused-ring (bicyclic) bond motifs is 3. The quantitative estimate of drug-likeness (QED) is 0.251. The van der Waals surface area contributed by atoms with Gasteiger partial charge in [0.25, 0.3) is 0 Å². The first-order valence-corrected chi connectivity index (χ1v) is 22.3. The van der Waals surface area contributed by atoms with Crippen LogP contribution in [0.25, 0.3) is 0 Å². The van der Waals surface area contributed by atoms with Gasteiger partial charge in [-0.2, -0.15) is 0 Å². The molecule has 8 aliphatic carbocycles. The van der Waals surface area contributed by atoms with E-state index < -0.39 is 0 Å². The maximum Gasteiger partial charge on any atom is -0.00140 e. The van der Waals surface area contributed by atoms with Crippen LogP contribution in [0.5, 0.6) is 0 Å². The Balaban J connectivity index is 1.27. The van der Waals surface area contributed by atoms with E-state index in [1.165, 1.54) is 193 Å². The van der Waals surface area contributed by atoms with E-state index in [-0.39, 0.29) is 0 Å². The van der Waals surface area contributed by atoms with Crippen molar-refractivity contribution in [1.29, 1.82) is 0 Å². The van der Waals surface area contributed by atoms with Crippen molar-refractivity contribution in [3.8, 4) is 0 Å². The highest BCUT2D eigenvalue weighted by Crippen LogP contribution is 2.58. The van der Waals surface area contributed by atoms with Crippen molar-refractivity contribution in [2.24, 2.45) is 0 Å². The van der Waals surface area contributed by atoms with Crippen LogP contribution in [0, 0.1) is 0 Å². The van der Waals surface area contributed by atoms with E-state index in [1.807, 2.05) is 66.8 Å². The summed E-state index contributed by atoms with van der Waals surface area (Å²) in [4.78, 5) is 0. The molecule has 6 saturated carbocycles. The summed E-state index contributed by atoms with van der Waals surface area (Å²) in [6, 6.07) is 0. The van der Waals surface area contributed by atoms with E-state index >= 15 is 0 Å². The molecular formula is C48H66. The molecule has 0 heteroatoms. The van der Waals surface area contributed by atoms with Gasteiger partial charge in [0.15, 0.2) is 0 Å². The van der Waals surface area contributed by atoms with Gasteiger partial charge in [-0.1, -0.05) is 77.0 Å². The fourth-order valence-corrected chi connectivity index (χ4v) is 14.4. The van der Waals surface area contributed by atoms with E-state index in [1.54, 1.807) is 0 Å². The lowest BCUT2D eigenvalue weighted by atomic mass is 9.64. The molecule has 0 spiro atoms. The van der Waals surface area contributed by atoms with Gasteiger partial charge in [-0.25, -0.2) is 0 Å². The van der Waals surface area contributed by atoms with Crippen molar-refractivity contribution in [2.45, 2.75) is 228 Å². The molecule has 0 unspecified atom stereocenters. The Morgan fingerprint density at radius 3 is 0.729 bits per heavy atom. The van der Waals surface area contributed by atoms with Crippen molar-refractivity contribution in [3.05, 3.63) is 66.8 Å². The third kappa shape index (κ3) is 5.16. The van der Waals surface area contributed by atoms with E-state index in [4.69, 9.17) is 0 Å². The van der Waals surface area contributed by atoms with Crippen LogP contribution in [0.2, 0.25) is 0 Å². The molecule has 0 N–H and O–H groups in total. The Kier molecular flexibility index (Phi) is 8.58. The minimum atomic E-state index is 0.857. The number of hydrogen-bond donors (Lipinski definition) is 0. The third-order valence-corrected chi connectivity index (χ3v) is 16.3. The molecule has 0 saturated heterocycles. The third-order valence-electron chi connectivity index (χ3n) is 16.3. The second-order valence-corrected chi connectivity index (χ2v) is 18.8. The number of hydrogen-bond acceptors (Lipinski definition) is 0. The molecular weight excluding hydrogens is 577 g/mol. The molecule has 0 aromatic heterocycles. The molecule has 258 valence electrons. The molecule has 2 aromatic rings. The smallest absolute Gasteiger partial charge is 0.00140 e. The topological polar surface area (TPSA) is 0 Å². The highest BCUT2D eigenvalue weighted by molar-refractivity contribution is 5.67. The Labute approximate surface area is 294 Å². The van der Waals surface area contributed by atoms with E-state index in [9.17, 15) is 0 Å². The van der Waals surface area contributed by atoms with Crippen LogP contribution in [0.15, 0.2) is 0 Å². The average Bonchev–Trinajstić information content (AvgIpc) is 3.97. The average molecular weight is 643 g/mol. The molecule has 8 aliphatic rings. The predicted octanol–water partition coefficient (Wildman–Crippen LogP) is 14.0. The Morgan fingerprint density at radius 2 is 0.438 bits per heavy atom. The van der Waals surface area contributed by atoms with Crippen molar-refractivity contribution >= 4 is 0 Å². The molecule has 0 nitrogen and oxygen atoms in total. The number of benzene rings is 2. The fraction of sp³-hybridized carbons (Fsp3) is 0.750. The van der Waals surface area contributed by atoms with Crippen LogP contribution >= 0.6 is 0 Å². The molecule has 0 heterocycles. The van der Waals surface area contributed by atoms with Crippen LogP contribution in [-0.2, 0) is 25.7 Å². The largest absolute Gasteiger partial charge is 0.0527 e. The summed E-state index contributed by atoms with van der Waals surface area (Å²) in [6.45, 7) is 0. The predicted molar refractivity (Wildman–Crippen MR) is 202 cm³/mol. The van der Waals surface area contributed by atoms with Crippen LogP contribution in [0.4, 0.5) is 0 Å². The van der Waals surface area contributed by atoms with Crippen molar-refractivity contribution < 1.29 is 0 Å². The van der Waals surface area contributed by atoms with Gasteiger partial charge in [-0.05, 0) is 218 Å². The SMILES string of the molecule is C1CCc2c(c(C3CCCC3)c3c(c2C2CCCC2)Cc2c(c(C4CCCC4)c(C4CCCC4)c(C4CCCC4)c2C2CCCC2)C3)C1. The maximum atomic E-state index is 2.05. The fourth-order valence-electron chi connectivity index (χ4n) is 14.4.